The molecular formula is C11H16N2O4. The Morgan fingerprint density at radius 3 is 2.88 bits per heavy atom. The Morgan fingerprint density at radius 2 is 2.29 bits per heavy atom. The van der Waals surface area contributed by atoms with Crippen LogP contribution >= 0.6 is 0 Å². The first-order valence-electron chi connectivity index (χ1n) is 5.40. The third kappa shape index (κ3) is 4.01. The zero-order valence-electron chi connectivity index (χ0n) is 9.68. The van der Waals surface area contributed by atoms with Crippen LogP contribution in [0.15, 0.2) is 18.2 Å². The van der Waals surface area contributed by atoms with Crippen LogP contribution in [0.25, 0.3) is 0 Å². The van der Waals surface area contributed by atoms with Crippen LogP contribution in [0.4, 0.5) is 5.69 Å². The maximum Gasteiger partial charge on any atom is 0.270 e. The number of ether oxygens (including phenoxy) is 1. The van der Waals surface area contributed by atoms with Crippen LogP contribution in [0.1, 0.15) is 12.5 Å². The van der Waals surface area contributed by atoms with Crippen LogP contribution in [-0.2, 0) is 6.54 Å². The standard InChI is InChI=1S/C11H16N2O4/c1-2-12-8-9-7-10(13(15)16)3-4-11(9)17-6-5-14/h3-4,7,12,14H,2,5-6,8H2,1H3. The summed E-state index contributed by atoms with van der Waals surface area (Å²) in [6, 6.07) is 4.43. The average Bonchev–Trinajstić information content (AvgIpc) is 2.34. The fourth-order valence-electron chi connectivity index (χ4n) is 1.37. The molecule has 0 atom stereocenters. The number of benzene rings is 1. The minimum atomic E-state index is -0.439. The van der Waals surface area contributed by atoms with Gasteiger partial charge in [0, 0.05) is 24.2 Å². The number of non-ortho nitro benzene ring substituents is 1. The van der Waals surface area contributed by atoms with E-state index >= 15 is 0 Å². The van der Waals surface area contributed by atoms with Crippen molar-refractivity contribution in [3.8, 4) is 5.75 Å². The number of nitrogens with one attached hydrogen (secondary N) is 1. The van der Waals surface area contributed by atoms with Gasteiger partial charge in [-0.25, -0.2) is 0 Å². The van der Waals surface area contributed by atoms with Gasteiger partial charge in [0.1, 0.15) is 12.4 Å². The summed E-state index contributed by atoms with van der Waals surface area (Å²) in [5.41, 5.74) is 0.753. The zero-order valence-corrected chi connectivity index (χ0v) is 9.68. The van der Waals surface area contributed by atoms with E-state index in [0.717, 1.165) is 12.1 Å². The molecule has 0 aromatic heterocycles. The number of aliphatic hydroxyl groups excluding tert-OH is 1. The van der Waals surface area contributed by atoms with Gasteiger partial charge in [-0.1, -0.05) is 6.92 Å². The van der Waals surface area contributed by atoms with Crippen LogP contribution in [0.3, 0.4) is 0 Å². The Kier molecular flexibility index (Phi) is 5.38. The second-order valence-electron chi connectivity index (χ2n) is 3.40. The lowest BCUT2D eigenvalue weighted by molar-refractivity contribution is -0.384. The number of hydrogen-bond donors (Lipinski definition) is 2. The number of nitro benzene ring substituents is 1. The topological polar surface area (TPSA) is 84.6 Å². The van der Waals surface area contributed by atoms with E-state index in [2.05, 4.69) is 5.32 Å². The number of hydrogen-bond acceptors (Lipinski definition) is 5. The van der Waals surface area contributed by atoms with Gasteiger partial charge in [0.05, 0.1) is 11.5 Å². The lowest BCUT2D eigenvalue weighted by Crippen LogP contribution is -2.14. The Balaban J connectivity index is 2.90. The van der Waals surface area contributed by atoms with E-state index < -0.39 is 4.92 Å². The molecule has 6 heteroatoms. The van der Waals surface area contributed by atoms with Gasteiger partial charge in [-0.05, 0) is 12.6 Å². The molecule has 0 heterocycles. The Hall–Kier alpha value is -1.66. The number of aliphatic hydroxyl groups is 1. The molecule has 2 N–H and O–H groups in total. The molecule has 0 aliphatic carbocycles. The van der Waals surface area contributed by atoms with E-state index in [4.69, 9.17) is 9.84 Å². The van der Waals surface area contributed by atoms with Crippen molar-refractivity contribution in [2.45, 2.75) is 13.5 Å². The Morgan fingerprint density at radius 1 is 1.53 bits per heavy atom. The largest absolute Gasteiger partial charge is 0.491 e. The van der Waals surface area contributed by atoms with E-state index in [1.165, 1.54) is 12.1 Å². The minimum Gasteiger partial charge on any atom is -0.491 e. The van der Waals surface area contributed by atoms with Crippen LogP contribution in [-0.4, -0.2) is 29.8 Å². The summed E-state index contributed by atoms with van der Waals surface area (Å²) in [6.45, 7) is 3.31. The van der Waals surface area contributed by atoms with Gasteiger partial charge in [0.15, 0.2) is 0 Å². The second-order valence-corrected chi connectivity index (χ2v) is 3.40. The summed E-state index contributed by atoms with van der Waals surface area (Å²) >= 11 is 0. The van der Waals surface area contributed by atoms with Gasteiger partial charge < -0.3 is 15.2 Å². The maximum absolute atomic E-state index is 10.7. The first-order valence-corrected chi connectivity index (χ1v) is 5.40. The molecule has 0 radical (unpaired) electrons. The number of nitrogens with zero attached hydrogens (tertiary/aromatic N) is 1. The molecule has 1 rings (SSSR count). The van der Waals surface area contributed by atoms with Crippen molar-refractivity contribution in [1.82, 2.24) is 5.32 Å². The van der Waals surface area contributed by atoms with E-state index in [1.54, 1.807) is 6.07 Å². The predicted molar refractivity (Wildman–Crippen MR) is 63.1 cm³/mol. The van der Waals surface area contributed by atoms with E-state index in [-0.39, 0.29) is 18.9 Å². The van der Waals surface area contributed by atoms with Gasteiger partial charge in [-0.2, -0.15) is 0 Å². The summed E-state index contributed by atoms with van der Waals surface area (Å²) in [7, 11) is 0. The molecule has 0 saturated carbocycles. The van der Waals surface area contributed by atoms with E-state index in [9.17, 15) is 10.1 Å². The van der Waals surface area contributed by atoms with Gasteiger partial charge in [0.2, 0.25) is 0 Å². The number of rotatable bonds is 7. The van der Waals surface area contributed by atoms with Gasteiger partial charge in [-0.3, -0.25) is 10.1 Å². The summed E-state index contributed by atoms with van der Waals surface area (Å²) in [6.07, 6.45) is 0. The molecule has 0 amide bonds. The maximum atomic E-state index is 10.7. The zero-order chi connectivity index (χ0) is 12.7. The molecule has 0 saturated heterocycles. The normalized spacial score (nSPS) is 10.2. The fourth-order valence-corrected chi connectivity index (χ4v) is 1.37. The van der Waals surface area contributed by atoms with Crippen molar-refractivity contribution in [2.24, 2.45) is 0 Å². The molecule has 0 aliphatic heterocycles. The Bertz CT molecular complexity index is 382. The highest BCUT2D eigenvalue weighted by Crippen LogP contribution is 2.24. The lowest BCUT2D eigenvalue weighted by atomic mass is 10.1. The highest BCUT2D eigenvalue weighted by atomic mass is 16.6. The highest BCUT2D eigenvalue weighted by molar-refractivity contribution is 5.43. The molecule has 0 aliphatic rings. The van der Waals surface area contributed by atoms with Gasteiger partial charge in [0.25, 0.3) is 5.69 Å². The summed E-state index contributed by atoms with van der Waals surface area (Å²) in [5, 5.41) is 22.4. The summed E-state index contributed by atoms with van der Waals surface area (Å²) in [4.78, 5) is 10.2. The van der Waals surface area contributed by atoms with Crippen molar-refractivity contribution in [3.05, 3.63) is 33.9 Å². The molecule has 0 spiro atoms. The Labute approximate surface area is 99.4 Å². The molecule has 1 aromatic carbocycles. The molecule has 1 aromatic rings. The molecule has 6 nitrogen and oxygen atoms in total. The highest BCUT2D eigenvalue weighted by Gasteiger charge is 2.11. The van der Waals surface area contributed by atoms with Crippen LogP contribution in [0.5, 0.6) is 5.75 Å². The SMILES string of the molecule is CCNCc1cc([N+](=O)[O-])ccc1OCCO. The van der Waals surface area contributed by atoms with E-state index in [1.807, 2.05) is 6.92 Å². The molecule has 17 heavy (non-hydrogen) atoms. The van der Waals surface area contributed by atoms with E-state index in [0.29, 0.717) is 12.3 Å². The smallest absolute Gasteiger partial charge is 0.270 e. The molecular weight excluding hydrogens is 224 g/mol. The summed E-state index contributed by atoms with van der Waals surface area (Å²) in [5.74, 6) is 0.561. The monoisotopic (exact) mass is 240 g/mol. The third-order valence-corrected chi connectivity index (χ3v) is 2.17. The van der Waals surface area contributed by atoms with Gasteiger partial charge in [-0.15, -0.1) is 0 Å². The van der Waals surface area contributed by atoms with Crippen molar-refractivity contribution < 1.29 is 14.8 Å². The fraction of sp³-hybridized carbons (Fsp3) is 0.455. The van der Waals surface area contributed by atoms with Crippen LogP contribution < -0.4 is 10.1 Å². The molecule has 94 valence electrons. The first-order chi connectivity index (χ1) is 8.19. The summed E-state index contributed by atoms with van der Waals surface area (Å²) < 4.78 is 5.31. The average molecular weight is 240 g/mol. The van der Waals surface area contributed by atoms with Gasteiger partial charge >= 0.3 is 0 Å². The quantitative estimate of drug-likeness (QED) is 0.550. The second kappa shape index (κ2) is 6.82. The van der Waals surface area contributed by atoms with Crippen LogP contribution in [0, 0.1) is 10.1 Å². The molecule has 0 fully saturated rings. The minimum absolute atomic E-state index is 0.0363. The van der Waals surface area contributed by atoms with Crippen molar-refractivity contribution >= 4 is 5.69 Å². The van der Waals surface area contributed by atoms with Crippen molar-refractivity contribution in [2.75, 3.05) is 19.8 Å². The third-order valence-electron chi connectivity index (χ3n) is 2.17. The van der Waals surface area contributed by atoms with Crippen molar-refractivity contribution in [3.63, 3.8) is 0 Å². The molecule has 0 bridgehead atoms. The first kappa shape index (κ1) is 13.4. The van der Waals surface area contributed by atoms with Crippen LogP contribution in [0.2, 0.25) is 0 Å². The van der Waals surface area contributed by atoms with Crippen molar-refractivity contribution in [1.29, 1.82) is 0 Å². The lowest BCUT2D eigenvalue weighted by Gasteiger charge is -2.10. The number of nitro groups is 1. The predicted octanol–water partition coefficient (Wildman–Crippen LogP) is 1.08. The molecule has 0 unspecified atom stereocenters.